The third-order valence-electron chi connectivity index (χ3n) is 3.55. The fourth-order valence-electron chi connectivity index (χ4n) is 2.38. The third-order valence-corrected chi connectivity index (χ3v) is 7.65. The zero-order chi connectivity index (χ0) is 20.9. The number of benzene rings is 1. The maximum atomic E-state index is 12.8. The van der Waals surface area contributed by atoms with Gasteiger partial charge in [0.05, 0.1) is 22.0 Å². The van der Waals surface area contributed by atoms with Gasteiger partial charge < -0.3 is 0 Å². The molecule has 0 aliphatic heterocycles. The third kappa shape index (κ3) is 5.96. The Morgan fingerprint density at radius 1 is 1.29 bits per heavy atom. The first-order chi connectivity index (χ1) is 13.2. The van der Waals surface area contributed by atoms with E-state index in [-0.39, 0.29) is 17.1 Å². The fraction of sp³-hybridized carbons (Fsp3) is 0.438. The van der Waals surface area contributed by atoms with Crippen LogP contribution in [-0.2, 0) is 14.8 Å². The van der Waals surface area contributed by atoms with E-state index in [1.54, 1.807) is 18.7 Å². The molecule has 7 nitrogen and oxygen atoms in total. The summed E-state index contributed by atoms with van der Waals surface area (Å²) in [5.41, 5.74) is 0.260. The van der Waals surface area contributed by atoms with E-state index in [0.717, 1.165) is 27.1 Å². The van der Waals surface area contributed by atoms with Gasteiger partial charge in [-0.1, -0.05) is 60.1 Å². The minimum absolute atomic E-state index is 0.199. The normalized spacial score (nSPS) is 12.6. The van der Waals surface area contributed by atoms with Gasteiger partial charge in [-0.05, 0) is 31.0 Å². The Balaban J connectivity index is 2.28. The molecule has 28 heavy (non-hydrogen) atoms. The molecule has 0 unspecified atom stereocenters. The summed E-state index contributed by atoms with van der Waals surface area (Å²) in [5, 5.41) is 11.5. The van der Waals surface area contributed by atoms with Crippen LogP contribution in [0.1, 0.15) is 26.7 Å². The lowest BCUT2D eigenvalue weighted by atomic mass is 10.2. The number of nitrogens with zero attached hydrogens (tertiary/aromatic N) is 3. The van der Waals surface area contributed by atoms with Crippen molar-refractivity contribution in [1.29, 1.82) is 0 Å². The summed E-state index contributed by atoms with van der Waals surface area (Å²) < 4.78 is 26.7. The number of hydrogen-bond donors (Lipinski definition) is 1. The molecule has 2 aromatic rings. The molecule has 0 fully saturated rings. The van der Waals surface area contributed by atoms with E-state index in [1.165, 1.54) is 29.5 Å². The van der Waals surface area contributed by atoms with E-state index >= 15 is 0 Å². The van der Waals surface area contributed by atoms with Crippen molar-refractivity contribution < 1.29 is 13.2 Å². The molecule has 0 saturated carbocycles. The second-order valence-electron chi connectivity index (χ2n) is 5.79. The highest BCUT2D eigenvalue weighted by Crippen LogP contribution is 2.31. The lowest BCUT2D eigenvalue weighted by Gasteiger charge is -2.30. The maximum absolute atomic E-state index is 12.8. The molecule has 2 rings (SSSR count). The van der Waals surface area contributed by atoms with E-state index < -0.39 is 22.0 Å². The molecule has 0 aliphatic carbocycles. The summed E-state index contributed by atoms with van der Waals surface area (Å²) in [7, 11) is -3.77. The Labute approximate surface area is 182 Å². The zero-order valence-electron chi connectivity index (χ0n) is 15.5. The standard InChI is InChI=1S/C16H20Cl2N4O3S3/c1-4-8-26-16-21-20-15(27-16)19-14(23)13(5-2)22(28(3,24)25)10-6-7-11(17)12(18)9-10/h6-7,9,13H,4-5,8H2,1-3H3,(H,19,20,23)/t13-/m1/s1. The number of carbonyl (C=O) groups is 1. The van der Waals surface area contributed by atoms with Gasteiger partial charge >= 0.3 is 0 Å². The van der Waals surface area contributed by atoms with Crippen molar-refractivity contribution in [1.82, 2.24) is 10.2 Å². The van der Waals surface area contributed by atoms with Crippen LogP contribution in [-0.4, -0.2) is 42.6 Å². The number of hydrogen-bond acceptors (Lipinski definition) is 7. The van der Waals surface area contributed by atoms with Crippen molar-refractivity contribution >= 4 is 73.0 Å². The van der Waals surface area contributed by atoms with Crippen LogP contribution in [0, 0.1) is 0 Å². The minimum Gasteiger partial charge on any atom is -0.299 e. The van der Waals surface area contributed by atoms with Gasteiger partial charge in [-0.2, -0.15) is 0 Å². The molecule has 12 heteroatoms. The molecule has 1 heterocycles. The van der Waals surface area contributed by atoms with Crippen molar-refractivity contribution in [3.63, 3.8) is 0 Å². The topological polar surface area (TPSA) is 92.3 Å². The average molecular weight is 483 g/mol. The highest BCUT2D eigenvalue weighted by Gasteiger charge is 2.32. The second-order valence-corrected chi connectivity index (χ2v) is 10.8. The highest BCUT2D eigenvalue weighted by molar-refractivity contribution is 8.01. The molecule has 1 aromatic carbocycles. The summed E-state index contributed by atoms with van der Waals surface area (Å²) in [6.45, 7) is 3.79. The Morgan fingerprint density at radius 2 is 2.00 bits per heavy atom. The molecule has 1 N–H and O–H groups in total. The summed E-state index contributed by atoms with van der Waals surface area (Å²) in [5.74, 6) is 0.404. The highest BCUT2D eigenvalue weighted by atomic mass is 35.5. The quantitative estimate of drug-likeness (QED) is 0.416. The Kier molecular flexibility index (Phi) is 8.38. The van der Waals surface area contributed by atoms with E-state index in [9.17, 15) is 13.2 Å². The largest absolute Gasteiger partial charge is 0.299 e. The minimum atomic E-state index is -3.77. The van der Waals surface area contributed by atoms with Crippen LogP contribution in [0.25, 0.3) is 0 Å². The number of aromatic nitrogens is 2. The summed E-state index contributed by atoms with van der Waals surface area (Å²) in [6, 6.07) is 3.44. The van der Waals surface area contributed by atoms with E-state index in [2.05, 4.69) is 22.4 Å². The monoisotopic (exact) mass is 482 g/mol. The number of anilines is 2. The van der Waals surface area contributed by atoms with Crippen LogP contribution in [0.5, 0.6) is 0 Å². The smallest absolute Gasteiger partial charge is 0.250 e. The molecular formula is C16H20Cl2N4O3S3. The van der Waals surface area contributed by atoms with Gasteiger partial charge in [0.25, 0.3) is 0 Å². The van der Waals surface area contributed by atoms with Crippen molar-refractivity contribution in [2.75, 3.05) is 21.6 Å². The molecular weight excluding hydrogens is 463 g/mol. The first kappa shape index (κ1) is 23.2. The first-order valence-corrected chi connectivity index (χ1v) is 12.8. The molecule has 0 radical (unpaired) electrons. The molecule has 154 valence electrons. The fourth-order valence-corrected chi connectivity index (χ4v) is 5.56. The van der Waals surface area contributed by atoms with Crippen LogP contribution < -0.4 is 9.62 Å². The van der Waals surface area contributed by atoms with Crippen molar-refractivity contribution in [3.8, 4) is 0 Å². The van der Waals surface area contributed by atoms with Crippen molar-refractivity contribution in [2.45, 2.75) is 37.1 Å². The predicted molar refractivity (Wildman–Crippen MR) is 117 cm³/mol. The van der Waals surface area contributed by atoms with E-state index in [0.29, 0.717) is 10.2 Å². The molecule has 0 bridgehead atoms. The van der Waals surface area contributed by atoms with Gasteiger partial charge in [0.2, 0.25) is 21.1 Å². The molecule has 1 aromatic heterocycles. The van der Waals surface area contributed by atoms with Gasteiger partial charge in [-0.3, -0.25) is 14.4 Å². The number of rotatable bonds is 9. The van der Waals surface area contributed by atoms with Gasteiger partial charge in [0.15, 0.2) is 4.34 Å². The lowest BCUT2D eigenvalue weighted by molar-refractivity contribution is -0.117. The number of thioether (sulfide) groups is 1. The summed E-state index contributed by atoms with van der Waals surface area (Å²) in [6.07, 6.45) is 2.28. The van der Waals surface area contributed by atoms with Crippen molar-refractivity contribution in [2.24, 2.45) is 0 Å². The first-order valence-electron chi connectivity index (χ1n) is 8.39. The van der Waals surface area contributed by atoms with E-state index in [4.69, 9.17) is 23.2 Å². The number of amides is 1. The van der Waals surface area contributed by atoms with E-state index in [1.807, 2.05) is 0 Å². The predicted octanol–water partition coefficient (Wildman–Crippen LogP) is 4.53. The summed E-state index contributed by atoms with van der Waals surface area (Å²) in [4.78, 5) is 12.8. The molecule has 0 saturated heterocycles. The lowest BCUT2D eigenvalue weighted by Crippen LogP contribution is -2.47. The Bertz CT molecular complexity index is 937. The number of halogens is 2. The van der Waals surface area contributed by atoms with Gasteiger partial charge in [-0.25, -0.2) is 8.42 Å². The van der Waals surface area contributed by atoms with Crippen LogP contribution in [0.15, 0.2) is 22.5 Å². The van der Waals surface area contributed by atoms with Crippen LogP contribution in [0.4, 0.5) is 10.8 Å². The average Bonchev–Trinajstić information content (AvgIpc) is 3.06. The molecule has 1 atom stereocenters. The number of carbonyl (C=O) groups excluding carboxylic acids is 1. The van der Waals surface area contributed by atoms with Crippen LogP contribution >= 0.6 is 46.3 Å². The van der Waals surface area contributed by atoms with Gasteiger partial charge in [-0.15, -0.1) is 10.2 Å². The van der Waals surface area contributed by atoms with Crippen LogP contribution in [0.3, 0.4) is 0 Å². The number of sulfonamides is 1. The molecule has 1 amide bonds. The molecule has 0 spiro atoms. The summed E-state index contributed by atoms with van der Waals surface area (Å²) >= 11 is 14.8. The zero-order valence-corrected chi connectivity index (χ0v) is 19.4. The second kappa shape index (κ2) is 10.1. The SMILES string of the molecule is CCCSc1nnc(NC(=O)[C@@H](CC)N(c2ccc(Cl)c(Cl)c2)S(C)(=O)=O)s1. The molecule has 0 aliphatic rings. The maximum Gasteiger partial charge on any atom is 0.250 e. The van der Waals surface area contributed by atoms with Crippen LogP contribution in [0.2, 0.25) is 10.0 Å². The number of nitrogens with one attached hydrogen (secondary N) is 1. The Morgan fingerprint density at radius 3 is 2.57 bits per heavy atom. The van der Waals surface area contributed by atoms with Gasteiger partial charge in [0.1, 0.15) is 6.04 Å². The Hall–Kier alpha value is -1.07. The van der Waals surface area contributed by atoms with Crippen molar-refractivity contribution in [3.05, 3.63) is 28.2 Å². The van der Waals surface area contributed by atoms with Gasteiger partial charge in [0, 0.05) is 5.75 Å².